The van der Waals surface area contributed by atoms with Crippen LogP contribution in [0.4, 0.5) is 0 Å². The van der Waals surface area contributed by atoms with Gasteiger partial charge in [-0.3, -0.25) is 0 Å². The van der Waals surface area contributed by atoms with Gasteiger partial charge >= 0.3 is 0 Å². The van der Waals surface area contributed by atoms with Crippen LogP contribution in [-0.2, 0) is 4.74 Å². The summed E-state index contributed by atoms with van der Waals surface area (Å²) in [4.78, 5) is 0. The Bertz CT molecular complexity index is 243. The van der Waals surface area contributed by atoms with Gasteiger partial charge in [-0.15, -0.1) is 0 Å². The molecule has 1 heterocycles. The fourth-order valence-electron chi connectivity index (χ4n) is 3.18. The van der Waals surface area contributed by atoms with E-state index in [2.05, 4.69) is 41.5 Å². The number of hydrogen-bond donors (Lipinski definition) is 0. The summed E-state index contributed by atoms with van der Waals surface area (Å²) in [6, 6.07) is 0. The van der Waals surface area contributed by atoms with Crippen molar-refractivity contribution < 1.29 is 4.74 Å². The maximum atomic E-state index is 6.01. The number of fused-ring (bicyclic) bond motifs is 1. The van der Waals surface area contributed by atoms with Crippen molar-refractivity contribution in [1.29, 1.82) is 0 Å². The quantitative estimate of drug-likeness (QED) is 0.576. The van der Waals surface area contributed by atoms with Gasteiger partial charge in [-0.25, -0.2) is 0 Å². The summed E-state index contributed by atoms with van der Waals surface area (Å²) >= 11 is 0. The highest BCUT2D eigenvalue weighted by Crippen LogP contribution is 2.70. The Hall–Kier alpha value is -0.0400. The lowest BCUT2D eigenvalue weighted by Crippen LogP contribution is -2.28. The molecule has 1 unspecified atom stereocenters. The highest BCUT2D eigenvalue weighted by molar-refractivity contribution is 5.16. The molecule has 0 aromatic heterocycles. The highest BCUT2D eigenvalue weighted by Gasteiger charge is 2.69. The van der Waals surface area contributed by atoms with Crippen molar-refractivity contribution in [3.8, 4) is 0 Å². The molecule has 2 fully saturated rings. The van der Waals surface area contributed by atoms with Gasteiger partial charge in [-0.2, -0.15) is 0 Å². The van der Waals surface area contributed by atoms with E-state index in [9.17, 15) is 0 Å². The SMILES string of the molecule is CC(C)(C)C1OC[C@@]2(C(C)(C)C)C[C@@H]12. The van der Waals surface area contributed by atoms with Crippen LogP contribution in [-0.4, -0.2) is 12.7 Å². The van der Waals surface area contributed by atoms with Gasteiger partial charge in [-0.1, -0.05) is 41.5 Å². The number of ether oxygens (including phenoxy) is 1. The van der Waals surface area contributed by atoms with Crippen molar-refractivity contribution >= 4 is 0 Å². The van der Waals surface area contributed by atoms with Crippen LogP contribution in [0.2, 0.25) is 0 Å². The van der Waals surface area contributed by atoms with E-state index in [1.54, 1.807) is 0 Å². The average molecular weight is 196 g/mol. The standard InChI is InChI=1S/C13H24O/c1-11(2,3)10-9-7-13(9,8-14-10)12(4,5)6/h9-10H,7-8H2,1-6H3/t9-,10?,13-/m0/s1. The summed E-state index contributed by atoms with van der Waals surface area (Å²) in [5.74, 6) is 0.822. The molecular formula is C13H24O. The molecule has 1 nitrogen and oxygen atoms in total. The Kier molecular flexibility index (Phi) is 1.91. The molecule has 2 aliphatic rings. The van der Waals surface area contributed by atoms with Crippen molar-refractivity contribution in [3.63, 3.8) is 0 Å². The Morgan fingerprint density at radius 3 is 1.86 bits per heavy atom. The van der Waals surface area contributed by atoms with Crippen LogP contribution in [0.1, 0.15) is 48.0 Å². The number of rotatable bonds is 0. The molecule has 0 bridgehead atoms. The third-order valence-electron chi connectivity index (χ3n) is 4.37. The minimum absolute atomic E-state index is 0.314. The van der Waals surface area contributed by atoms with Crippen LogP contribution in [0.25, 0.3) is 0 Å². The largest absolute Gasteiger partial charge is 0.377 e. The third-order valence-corrected chi connectivity index (χ3v) is 4.37. The lowest BCUT2D eigenvalue weighted by atomic mass is 9.75. The van der Waals surface area contributed by atoms with Crippen molar-refractivity contribution in [1.82, 2.24) is 0 Å². The first-order valence-electron chi connectivity index (χ1n) is 5.80. The summed E-state index contributed by atoms with van der Waals surface area (Å²) < 4.78 is 6.01. The van der Waals surface area contributed by atoms with E-state index in [1.165, 1.54) is 6.42 Å². The van der Waals surface area contributed by atoms with Gasteiger partial charge in [0.25, 0.3) is 0 Å². The first-order chi connectivity index (χ1) is 6.18. The van der Waals surface area contributed by atoms with E-state index >= 15 is 0 Å². The molecule has 0 amide bonds. The molecule has 2 rings (SSSR count). The molecule has 1 aliphatic heterocycles. The number of hydrogen-bond acceptors (Lipinski definition) is 1. The van der Waals surface area contributed by atoms with E-state index in [-0.39, 0.29) is 0 Å². The highest BCUT2D eigenvalue weighted by atomic mass is 16.5. The predicted molar refractivity (Wildman–Crippen MR) is 59.2 cm³/mol. The van der Waals surface area contributed by atoms with E-state index in [0.29, 0.717) is 22.3 Å². The van der Waals surface area contributed by atoms with Crippen molar-refractivity contribution in [2.24, 2.45) is 22.2 Å². The van der Waals surface area contributed by atoms with E-state index in [4.69, 9.17) is 4.74 Å². The topological polar surface area (TPSA) is 9.23 Å². The van der Waals surface area contributed by atoms with Gasteiger partial charge in [0.1, 0.15) is 0 Å². The predicted octanol–water partition coefficient (Wildman–Crippen LogP) is 3.48. The van der Waals surface area contributed by atoms with E-state index in [0.717, 1.165) is 12.5 Å². The summed E-state index contributed by atoms with van der Waals surface area (Å²) in [7, 11) is 0. The Morgan fingerprint density at radius 2 is 1.64 bits per heavy atom. The van der Waals surface area contributed by atoms with E-state index < -0.39 is 0 Å². The van der Waals surface area contributed by atoms with Gasteiger partial charge in [0, 0.05) is 5.41 Å². The first kappa shape index (κ1) is 10.5. The van der Waals surface area contributed by atoms with E-state index in [1.807, 2.05) is 0 Å². The second-order valence-electron chi connectivity index (χ2n) is 7.31. The molecule has 0 radical (unpaired) electrons. The van der Waals surface area contributed by atoms with Crippen molar-refractivity contribution in [2.45, 2.75) is 54.1 Å². The van der Waals surface area contributed by atoms with Crippen LogP contribution in [0.5, 0.6) is 0 Å². The average Bonchev–Trinajstić information content (AvgIpc) is 2.54. The summed E-state index contributed by atoms with van der Waals surface area (Å²) in [6.07, 6.45) is 1.88. The molecular weight excluding hydrogens is 172 g/mol. The molecule has 0 aromatic rings. The molecule has 0 spiro atoms. The Labute approximate surface area is 88.2 Å². The van der Waals surface area contributed by atoms with Gasteiger partial charge in [0.15, 0.2) is 0 Å². The van der Waals surface area contributed by atoms with Crippen molar-refractivity contribution in [2.75, 3.05) is 6.61 Å². The van der Waals surface area contributed by atoms with Gasteiger partial charge in [-0.05, 0) is 23.2 Å². The Balaban J connectivity index is 2.15. The lowest BCUT2D eigenvalue weighted by molar-refractivity contribution is -0.00684. The van der Waals surface area contributed by atoms with Gasteiger partial charge in [0.05, 0.1) is 12.7 Å². The minimum atomic E-state index is 0.314. The summed E-state index contributed by atoms with van der Waals surface area (Å²) in [5.41, 5.74) is 1.23. The smallest absolute Gasteiger partial charge is 0.0658 e. The molecule has 3 atom stereocenters. The second-order valence-corrected chi connectivity index (χ2v) is 7.31. The molecule has 1 saturated heterocycles. The molecule has 1 saturated carbocycles. The molecule has 82 valence electrons. The van der Waals surface area contributed by atoms with Crippen LogP contribution in [0, 0.1) is 22.2 Å². The molecule has 0 aromatic carbocycles. The summed E-state index contributed by atoms with van der Waals surface area (Å²) in [6.45, 7) is 15.0. The fourth-order valence-corrected chi connectivity index (χ4v) is 3.18. The zero-order valence-corrected chi connectivity index (χ0v) is 10.5. The maximum Gasteiger partial charge on any atom is 0.0658 e. The normalized spacial score (nSPS) is 42.4. The fraction of sp³-hybridized carbons (Fsp3) is 1.00. The summed E-state index contributed by atoms with van der Waals surface area (Å²) in [5, 5.41) is 0. The molecule has 1 heteroatoms. The minimum Gasteiger partial charge on any atom is -0.377 e. The molecule has 14 heavy (non-hydrogen) atoms. The third kappa shape index (κ3) is 1.25. The van der Waals surface area contributed by atoms with Crippen LogP contribution in [0.3, 0.4) is 0 Å². The van der Waals surface area contributed by atoms with Crippen LogP contribution in [0.15, 0.2) is 0 Å². The molecule has 1 aliphatic carbocycles. The monoisotopic (exact) mass is 196 g/mol. The lowest BCUT2D eigenvalue weighted by Gasteiger charge is -2.28. The van der Waals surface area contributed by atoms with Crippen LogP contribution >= 0.6 is 0 Å². The maximum absolute atomic E-state index is 6.01. The first-order valence-corrected chi connectivity index (χ1v) is 5.80. The zero-order chi connectivity index (χ0) is 10.8. The van der Waals surface area contributed by atoms with Gasteiger partial charge in [0.2, 0.25) is 0 Å². The van der Waals surface area contributed by atoms with Gasteiger partial charge < -0.3 is 4.74 Å². The van der Waals surface area contributed by atoms with Crippen molar-refractivity contribution in [3.05, 3.63) is 0 Å². The van der Waals surface area contributed by atoms with Crippen LogP contribution < -0.4 is 0 Å². The Morgan fingerprint density at radius 1 is 1.07 bits per heavy atom. The molecule has 0 N–H and O–H groups in total. The zero-order valence-electron chi connectivity index (χ0n) is 10.5. The second kappa shape index (κ2) is 2.55.